The molecule has 0 saturated carbocycles. The summed E-state index contributed by atoms with van der Waals surface area (Å²) in [6, 6.07) is 27.1. The van der Waals surface area contributed by atoms with E-state index < -0.39 is 28.5 Å². The number of sulfonamides is 1. The molecule has 4 rings (SSSR count). The van der Waals surface area contributed by atoms with Crippen LogP contribution >= 0.6 is 34.8 Å². The van der Waals surface area contributed by atoms with Crippen LogP contribution in [-0.2, 0) is 32.6 Å². The summed E-state index contributed by atoms with van der Waals surface area (Å²) in [7, 11) is -4.22. The number of hydrogen-bond acceptors (Lipinski definition) is 4. The molecule has 0 bridgehead atoms. The van der Waals surface area contributed by atoms with E-state index in [1.54, 1.807) is 48.5 Å². The zero-order chi connectivity index (χ0) is 32.6. The number of carbonyl (C=O) groups excluding carboxylic acids is 2. The molecule has 236 valence electrons. The number of rotatable bonds is 13. The van der Waals surface area contributed by atoms with Crippen LogP contribution in [0.3, 0.4) is 0 Å². The van der Waals surface area contributed by atoms with Gasteiger partial charge in [0, 0.05) is 39.6 Å². The van der Waals surface area contributed by atoms with Gasteiger partial charge in [0.1, 0.15) is 12.6 Å². The molecule has 0 spiro atoms. The van der Waals surface area contributed by atoms with Crippen LogP contribution in [0, 0.1) is 0 Å². The van der Waals surface area contributed by atoms with Crippen molar-refractivity contribution in [2.24, 2.45) is 0 Å². The molecule has 4 aromatic carbocycles. The average molecular weight is 687 g/mol. The van der Waals surface area contributed by atoms with Gasteiger partial charge in [-0.1, -0.05) is 96.3 Å². The Balaban J connectivity index is 1.83. The van der Waals surface area contributed by atoms with Gasteiger partial charge in [-0.3, -0.25) is 13.9 Å². The Morgan fingerprint density at radius 1 is 0.800 bits per heavy atom. The number of benzene rings is 4. The number of amides is 2. The summed E-state index contributed by atoms with van der Waals surface area (Å²) in [5.74, 6) is -1.01. The van der Waals surface area contributed by atoms with E-state index in [4.69, 9.17) is 34.8 Å². The zero-order valence-corrected chi connectivity index (χ0v) is 28.0. The molecule has 0 aliphatic carbocycles. The lowest BCUT2D eigenvalue weighted by Gasteiger charge is -2.34. The van der Waals surface area contributed by atoms with Gasteiger partial charge in [-0.25, -0.2) is 8.42 Å². The molecule has 0 aliphatic heterocycles. The number of anilines is 1. The smallest absolute Gasteiger partial charge is 0.264 e. The van der Waals surface area contributed by atoms with E-state index in [9.17, 15) is 18.0 Å². The highest BCUT2D eigenvalue weighted by Gasteiger charge is 2.35. The van der Waals surface area contributed by atoms with Crippen molar-refractivity contribution < 1.29 is 18.0 Å². The lowest BCUT2D eigenvalue weighted by molar-refractivity contribution is -0.140. The second-order valence-corrected chi connectivity index (χ2v) is 13.7. The van der Waals surface area contributed by atoms with Crippen molar-refractivity contribution in [1.82, 2.24) is 10.2 Å². The van der Waals surface area contributed by atoms with Gasteiger partial charge < -0.3 is 10.2 Å². The summed E-state index contributed by atoms with van der Waals surface area (Å²) < 4.78 is 29.1. The number of nitrogens with one attached hydrogen (secondary N) is 1. The number of carbonyl (C=O) groups is 2. The number of nitrogens with zero attached hydrogens (tertiary/aromatic N) is 2. The molecule has 4 aromatic rings. The molecule has 11 heteroatoms. The summed E-state index contributed by atoms with van der Waals surface area (Å²) in [5.41, 5.74) is 1.49. The van der Waals surface area contributed by atoms with Crippen LogP contribution in [0.2, 0.25) is 15.1 Å². The average Bonchev–Trinajstić information content (AvgIpc) is 3.04. The van der Waals surface area contributed by atoms with Crippen molar-refractivity contribution in [2.45, 2.75) is 50.2 Å². The normalized spacial score (nSPS) is 12.6. The molecule has 2 atom stereocenters. The Morgan fingerprint density at radius 3 is 1.96 bits per heavy atom. The standard InChI is InChI=1S/C34H34Cl3N3O4S/c1-3-24(2)38-34(42)32(21-25-11-6-4-7-12-25)39(22-29-30(36)15-10-16-31(29)37)33(41)23-40(27-19-17-26(35)18-20-27)45(43,44)28-13-8-5-9-14-28/h4-20,24,32H,3,21-23H2,1-2H3,(H,38,42)/t24-,32-/m1/s1. The van der Waals surface area contributed by atoms with Crippen molar-refractivity contribution >= 4 is 62.3 Å². The quantitative estimate of drug-likeness (QED) is 0.159. The van der Waals surface area contributed by atoms with E-state index in [1.807, 2.05) is 44.2 Å². The van der Waals surface area contributed by atoms with E-state index in [0.717, 1.165) is 9.87 Å². The minimum atomic E-state index is -4.22. The van der Waals surface area contributed by atoms with E-state index in [2.05, 4.69) is 5.32 Å². The Morgan fingerprint density at radius 2 is 1.38 bits per heavy atom. The monoisotopic (exact) mass is 685 g/mol. The number of halogens is 3. The van der Waals surface area contributed by atoms with Crippen LogP contribution in [0.5, 0.6) is 0 Å². The first-order valence-corrected chi connectivity index (χ1v) is 17.0. The first-order valence-electron chi connectivity index (χ1n) is 14.4. The highest BCUT2D eigenvalue weighted by molar-refractivity contribution is 7.92. The molecule has 1 N–H and O–H groups in total. The third-order valence-corrected chi connectivity index (χ3v) is 10.1. The molecule has 0 aromatic heterocycles. The van der Waals surface area contributed by atoms with E-state index >= 15 is 0 Å². The lowest BCUT2D eigenvalue weighted by Crippen LogP contribution is -2.54. The molecule has 0 fully saturated rings. The minimum Gasteiger partial charge on any atom is -0.352 e. The molecule has 45 heavy (non-hydrogen) atoms. The second-order valence-electron chi connectivity index (χ2n) is 10.5. The molecule has 0 radical (unpaired) electrons. The van der Waals surface area contributed by atoms with Crippen molar-refractivity contribution in [3.63, 3.8) is 0 Å². The first kappa shape index (κ1) is 34.3. The summed E-state index contributed by atoms with van der Waals surface area (Å²) in [6.45, 7) is 3.08. The minimum absolute atomic E-state index is 0.00352. The molecule has 0 aliphatic rings. The van der Waals surface area contributed by atoms with Crippen LogP contribution < -0.4 is 9.62 Å². The van der Waals surface area contributed by atoms with E-state index in [0.29, 0.717) is 27.1 Å². The maximum absolute atomic E-state index is 14.5. The first-order chi connectivity index (χ1) is 21.5. The zero-order valence-electron chi connectivity index (χ0n) is 24.9. The molecule has 2 amide bonds. The number of hydrogen-bond donors (Lipinski definition) is 1. The third-order valence-electron chi connectivity index (χ3n) is 7.39. The Labute approximate surface area is 279 Å². The van der Waals surface area contributed by atoms with Gasteiger partial charge in [-0.05, 0) is 67.4 Å². The highest BCUT2D eigenvalue weighted by atomic mass is 35.5. The van der Waals surface area contributed by atoms with Gasteiger partial charge in [0.25, 0.3) is 10.0 Å². The van der Waals surface area contributed by atoms with Gasteiger partial charge in [0.05, 0.1) is 10.6 Å². The van der Waals surface area contributed by atoms with Crippen LogP contribution in [0.15, 0.2) is 108 Å². The molecule has 0 heterocycles. The van der Waals surface area contributed by atoms with Crippen molar-refractivity contribution in [1.29, 1.82) is 0 Å². The fourth-order valence-corrected chi connectivity index (χ4v) is 6.78. The summed E-state index contributed by atoms with van der Waals surface area (Å²) in [6.07, 6.45) is 0.844. The van der Waals surface area contributed by atoms with Gasteiger partial charge in [0.2, 0.25) is 11.8 Å². The predicted molar refractivity (Wildman–Crippen MR) is 181 cm³/mol. The van der Waals surface area contributed by atoms with Gasteiger partial charge in [-0.2, -0.15) is 0 Å². The Hall–Kier alpha value is -3.56. The Bertz CT molecular complexity index is 1690. The SMILES string of the molecule is CC[C@@H](C)NC(=O)[C@@H](Cc1ccccc1)N(Cc1c(Cl)cccc1Cl)C(=O)CN(c1ccc(Cl)cc1)S(=O)(=O)c1ccccc1. The molecular weight excluding hydrogens is 653 g/mol. The lowest BCUT2D eigenvalue weighted by atomic mass is 10.0. The molecular formula is C34H34Cl3N3O4S. The molecule has 7 nitrogen and oxygen atoms in total. The maximum Gasteiger partial charge on any atom is 0.264 e. The topological polar surface area (TPSA) is 86.8 Å². The Kier molecular flexibility index (Phi) is 11.9. The largest absolute Gasteiger partial charge is 0.352 e. The van der Waals surface area contributed by atoms with Gasteiger partial charge in [0.15, 0.2) is 0 Å². The molecule has 0 saturated heterocycles. The van der Waals surface area contributed by atoms with Crippen molar-refractivity contribution in [3.8, 4) is 0 Å². The summed E-state index contributed by atoms with van der Waals surface area (Å²) in [4.78, 5) is 29.8. The highest BCUT2D eigenvalue weighted by Crippen LogP contribution is 2.29. The summed E-state index contributed by atoms with van der Waals surface area (Å²) in [5, 5.41) is 4.03. The van der Waals surface area contributed by atoms with Gasteiger partial charge >= 0.3 is 0 Å². The van der Waals surface area contributed by atoms with Crippen LogP contribution in [-0.4, -0.2) is 43.8 Å². The van der Waals surface area contributed by atoms with Gasteiger partial charge in [-0.15, -0.1) is 0 Å². The van der Waals surface area contributed by atoms with Crippen LogP contribution in [0.25, 0.3) is 0 Å². The van der Waals surface area contributed by atoms with Crippen LogP contribution in [0.4, 0.5) is 5.69 Å². The second kappa shape index (κ2) is 15.6. The maximum atomic E-state index is 14.5. The van der Waals surface area contributed by atoms with E-state index in [-0.39, 0.29) is 35.5 Å². The fraction of sp³-hybridized carbons (Fsp3) is 0.235. The molecule has 0 unspecified atom stereocenters. The van der Waals surface area contributed by atoms with Crippen molar-refractivity contribution in [2.75, 3.05) is 10.8 Å². The summed E-state index contributed by atoms with van der Waals surface area (Å²) >= 11 is 19.2. The third kappa shape index (κ3) is 8.79. The van der Waals surface area contributed by atoms with E-state index in [1.165, 1.54) is 29.2 Å². The predicted octanol–water partition coefficient (Wildman–Crippen LogP) is 7.40. The van der Waals surface area contributed by atoms with Crippen LogP contribution in [0.1, 0.15) is 31.4 Å². The fourth-order valence-electron chi connectivity index (χ4n) is 4.70. The van der Waals surface area contributed by atoms with Crippen molar-refractivity contribution in [3.05, 3.63) is 129 Å².